The number of carbonyl (C=O) groups is 1. The lowest BCUT2D eigenvalue weighted by Crippen LogP contribution is -2.16. The van der Waals surface area contributed by atoms with E-state index in [4.69, 9.17) is 9.73 Å². The van der Waals surface area contributed by atoms with Gasteiger partial charge in [-0.25, -0.2) is 0 Å². The van der Waals surface area contributed by atoms with Crippen molar-refractivity contribution in [3.8, 4) is 0 Å². The number of aliphatic imine (C=N–C) groups is 1. The zero-order valence-electron chi connectivity index (χ0n) is 26.8. The highest BCUT2D eigenvalue weighted by molar-refractivity contribution is 6.17. The first kappa shape index (κ1) is 30.5. The van der Waals surface area contributed by atoms with Crippen LogP contribution in [0.3, 0.4) is 0 Å². The van der Waals surface area contributed by atoms with Crippen LogP contribution in [-0.4, -0.2) is 27.7 Å². The normalized spacial score (nSPS) is 18.9. The topological polar surface area (TPSA) is 82.3 Å². The molecular formula is C38H50N4O2. The fraction of sp³-hybridized carbons (Fsp3) is 0.526. The first-order valence-corrected chi connectivity index (χ1v) is 17.4. The summed E-state index contributed by atoms with van der Waals surface area (Å²) < 4.78 is 5.87. The number of nitrogens with zero attached hydrogens (tertiary/aromatic N) is 1. The minimum absolute atomic E-state index is 0.0557. The minimum atomic E-state index is -0.305. The molecule has 1 atom stereocenters. The molecule has 3 aliphatic heterocycles. The van der Waals surface area contributed by atoms with Crippen LogP contribution < -0.4 is 16.0 Å². The first-order chi connectivity index (χ1) is 21.6. The molecule has 0 amide bonds. The number of allylic oxidation sites excluding steroid dienone is 4. The van der Waals surface area contributed by atoms with E-state index >= 15 is 0 Å². The van der Waals surface area contributed by atoms with Crippen LogP contribution in [0.1, 0.15) is 134 Å². The summed E-state index contributed by atoms with van der Waals surface area (Å²) in [6.45, 7) is 3.76. The SMILES string of the molecule is CCCCCCCCCCCCCCC1=c2ccc([nH]2)=CC2C=C3CCC(=C4CCC(=C(OC(C)=O)c5ccc1[nH]5)N4)C3=N2. The van der Waals surface area contributed by atoms with Crippen molar-refractivity contribution in [3.63, 3.8) is 0 Å². The smallest absolute Gasteiger partial charge is 0.308 e. The summed E-state index contributed by atoms with van der Waals surface area (Å²) in [4.78, 5) is 24.7. The number of carbonyl (C=O) groups excluding carboxylic acids is 1. The molecule has 1 unspecified atom stereocenters. The largest absolute Gasteiger partial charge is 0.423 e. The summed E-state index contributed by atoms with van der Waals surface area (Å²) in [6.07, 6.45) is 25.4. The lowest BCUT2D eigenvalue weighted by molar-refractivity contribution is -0.134. The highest BCUT2D eigenvalue weighted by atomic mass is 16.5. The molecule has 8 bridgehead atoms. The van der Waals surface area contributed by atoms with Gasteiger partial charge in [-0.1, -0.05) is 83.6 Å². The molecule has 5 heterocycles. The molecular weight excluding hydrogens is 544 g/mol. The molecule has 234 valence electrons. The standard InChI is InChI=1S/C38H50N4O2/c1-3-4-5-6-7-8-9-10-11-12-13-14-15-30-32-19-17-28(39-32)25-29-24-27-16-18-31(37(27)40-29)34-21-23-36(42-34)38(44-26(2)43)35-22-20-33(30)41-35/h17,19-20,22,24-25,29,39,41-42H,3-16,18,21,23H2,1-2H3. The predicted octanol–water partition coefficient (Wildman–Crippen LogP) is 7.84. The molecule has 1 saturated heterocycles. The Balaban J connectivity index is 1.21. The Kier molecular flexibility index (Phi) is 10.0. The van der Waals surface area contributed by atoms with Gasteiger partial charge < -0.3 is 20.0 Å². The number of esters is 1. The van der Waals surface area contributed by atoms with Gasteiger partial charge in [0.2, 0.25) is 0 Å². The van der Waals surface area contributed by atoms with Gasteiger partial charge in [-0.2, -0.15) is 0 Å². The average molecular weight is 595 g/mol. The molecule has 6 nitrogen and oxygen atoms in total. The second-order valence-electron chi connectivity index (χ2n) is 13.0. The number of H-pyrrole nitrogens is 2. The van der Waals surface area contributed by atoms with Gasteiger partial charge in [0.05, 0.1) is 23.1 Å². The number of hydrogen-bond acceptors (Lipinski definition) is 4. The third-order valence-corrected chi connectivity index (χ3v) is 9.62. The van der Waals surface area contributed by atoms with Crippen LogP contribution in [0.5, 0.6) is 0 Å². The van der Waals surface area contributed by atoms with E-state index in [1.165, 1.54) is 100.0 Å². The maximum Gasteiger partial charge on any atom is 0.308 e. The van der Waals surface area contributed by atoms with E-state index in [-0.39, 0.29) is 12.0 Å². The van der Waals surface area contributed by atoms with Crippen molar-refractivity contribution >= 4 is 29.1 Å². The van der Waals surface area contributed by atoms with Crippen LogP contribution in [0, 0.1) is 0 Å². The molecule has 4 aliphatic rings. The monoisotopic (exact) mass is 594 g/mol. The van der Waals surface area contributed by atoms with Crippen molar-refractivity contribution < 1.29 is 9.53 Å². The Morgan fingerprint density at radius 1 is 0.795 bits per heavy atom. The van der Waals surface area contributed by atoms with Gasteiger partial charge >= 0.3 is 5.97 Å². The summed E-state index contributed by atoms with van der Waals surface area (Å²) in [7, 11) is 0. The van der Waals surface area contributed by atoms with Crippen molar-refractivity contribution in [3.05, 3.63) is 75.0 Å². The molecule has 1 saturated carbocycles. The number of rotatable bonds is 14. The molecule has 44 heavy (non-hydrogen) atoms. The number of hydrogen-bond donors (Lipinski definition) is 3. The Morgan fingerprint density at radius 3 is 2.25 bits per heavy atom. The summed E-state index contributed by atoms with van der Waals surface area (Å²) >= 11 is 0. The number of aromatic nitrogens is 2. The summed E-state index contributed by atoms with van der Waals surface area (Å²) in [5.41, 5.74) is 9.20. The number of aromatic amines is 2. The van der Waals surface area contributed by atoms with Crippen molar-refractivity contribution in [1.29, 1.82) is 0 Å². The van der Waals surface area contributed by atoms with E-state index in [0.717, 1.165) is 72.0 Å². The van der Waals surface area contributed by atoms with E-state index in [2.05, 4.69) is 58.6 Å². The van der Waals surface area contributed by atoms with E-state index in [9.17, 15) is 4.79 Å². The Bertz CT molecular complexity index is 1590. The summed E-state index contributed by atoms with van der Waals surface area (Å²) in [5.74, 6) is 0.303. The van der Waals surface area contributed by atoms with Gasteiger partial charge in [0.25, 0.3) is 0 Å². The number of fused-ring (bicyclic) bond motifs is 7. The molecule has 2 aromatic heterocycles. The van der Waals surface area contributed by atoms with Gasteiger partial charge in [0.1, 0.15) is 0 Å². The third-order valence-electron chi connectivity index (χ3n) is 9.62. The van der Waals surface area contributed by atoms with Gasteiger partial charge in [-0.15, -0.1) is 0 Å². The quantitative estimate of drug-likeness (QED) is 0.154. The van der Waals surface area contributed by atoms with Crippen molar-refractivity contribution in [2.75, 3.05) is 0 Å². The van der Waals surface area contributed by atoms with Crippen molar-refractivity contribution in [2.24, 2.45) is 4.99 Å². The molecule has 6 heteroatoms. The van der Waals surface area contributed by atoms with Gasteiger partial charge in [0.15, 0.2) is 5.76 Å². The molecule has 6 rings (SSSR count). The predicted molar refractivity (Wildman–Crippen MR) is 180 cm³/mol. The Labute approximate surface area is 262 Å². The molecule has 3 N–H and O–H groups in total. The summed E-state index contributed by atoms with van der Waals surface area (Å²) in [5, 5.41) is 5.90. The van der Waals surface area contributed by atoms with Gasteiger partial charge in [-0.3, -0.25) is 9.79 Å². The van der Waals surface area contributed by atoms with Crippen LogP contribution >= 0.6 is 0 Å². The fourth-order valence-electron chi connectivity index (χ4n) is 7.29. The van der Waals surface area contributed by atoms with E-state index in [0.29, 0.717) is 5.76 Å². The Morgan fingerprint density at radius 2 is 1.50 bits per heavy atom. The third kappa shape index (κ3) is 7.22. The van der Waals surface area contributed by atoms with Gasteiger partial charge in [-0.05, 0) is 85.6 Å². The maximum absolute atomic E-state index is 12.2. The molecule has 2 fully saturated rings. The first-order valence-electron chi connectivity index (χ1n) is 17.4. The maximum atomic E-state index is 12.2. The second kappa shape index (κ2) is 14.5. The van der Waals surface area contributed by atoms with Crippen molar-refractivity contribution in [1.82, 2.24) is 15.3 Å². The van der Waals surface area contributed by atoms with E-state index < -0.39 is 0 Å². The number of ether oxygens (including phenoxy) is 1. The van der Waals surface area contributed by atoms with Crippen LogP contribution in [-0.2, 0) is 9.53 Å². The highest BCUT2D eigenvalue weighted by Crippen LogP contribution is 2.38. The molecule has 0 spiro atoms. The minimum Gasteiger partial charge on any atom is -0.423 e. The zero-order chi connectivity index (χ0) is 30.3. The molecule has 2 aromatic rings. The molecule has 0 aromatic carbocycles. The summed E-state index contributed by atoms with van der Waals surface area (Å²) in [6, 6.07) is 8.65. The van der Waals surface area contributed by atoms with E-state index in [1.54, 1.807) is 0 Å². The van der Waals surface area contributed by atoms with Crippen LogP contribution in [0.2, 0.25) is 0 Å². The second-order valence-corrected chi connectivity index (χ2v) is 13.0. The van der Waals surface area contributed by atoms with Gasteiger partial charge in [0, 0.05) is 29.0 Å². The van der Waals surface area contributed by atoms with E-state index in [1.807, 2.05) is 0 Å². The van der Waals surface area contributed by atoms with Crippen LogP contribution in [0.15, 0.2) is 57.9 Å². The average Bonchev–Trinajstić information content (AvgIpc) is 3.83. The fourth-order valence-corrected chi connectivity index (χ4v) is 7.29. The lowest BCUT2D eigenvalue weighted by Gasteiger charge is -2.12. The zero-order valence-corrected chi connectivity index (χ0v) is 26.8. The highest BCUT2D eigenvalue weighted by Gasteiger charge is 2.32. The van der Waals surface area contributed by atoms with Crippen LogP contribution in [0.4, 0.5) is 0 Å². The Hall–Kier alpha value is -3.54. The molecule has 0 radical (unpaired) electrons. The van der Waals surface area contributed by atoms with Crippen molar-refractivity contribution in [2.45, 2.75) is 129 Å². The molecule has 1 aliphatic carbocycles. The number of nitrogens with one attached hydrogen (secondary N) is 3. The van der Waals surface area contributed by atoms with Crippen LogP contribution in [0.25, 0.3) is 17.4 Å². The lowest BCUT2D eigenvalue weighted by atomic mass is 10.0. The number of unbranched alkanes of at least 4 members (excludes halogenated alkanes) is 11.